The van der Waals surface area contributed by atoms with Crippen molar-refractivity contribution < 1.29 is 4.39 Å². The maximum atomic E-state index is 12.9. The molecule has 1 rings (SSSR count). The van der Waals surface area contributed by atoms with Crippen LogP contribution in [0.4, 0.5) is 10.1 Å². The van der Waals surface area contributed by atoms with Gasteiger partial charge in [-0.3, -0.25) is 5.43 Å². The maximum Gasteiger partial charge on any atom is 0.237 e. The number of halogens is 1. The van der Waals surface area contributed by atoms with Gasteiger partial charge in [0.15, 0.2) is 0 Å². The fourth-order valence-corrected chi connectivity index (χ4v) is 0.914. The molecule has 5 nitrogen and oxygen atoms in total. The first-order valence-corrected chi connectivity index (χ1v) is 4.04. The number of hydrazone groups is 1. The highest BCUT2D eigenvalue weighted by Crippen LogP contribution is 2.13. The molecule has 0 aliphatic carbocycles. The quantitative estimate of drug-likeness (QED) is 0.594. The van der Waals surface area contributed by atoms with Crippen LogP contribution in [0.3, 0.4) is 0 Å². The van der Waals surface area contributed by atoms with E-state index in [2.05, 4.69) is 10.5 Å². The predicted molar refractivity (Wildman–Crippen MR) is 53.4 cm³/mol. The fourth-order valence-electron chi connectivity index (χ4n) is 0.914. The Balaban J connectivity index is 2.97. The van der Waals surface area contributed by atoms with E-state index >= 15 is 0 Å². The first-order valence-electron chi connectivity index (χ1n) is 4.04. The van der Waals surface area contributed by atoms with Gasteiger partial charge in [0, 0.05) is 0 Å². The van der Waals surface area contributed by atoms with E-state index in [1.165, 1.54) is 18.2 Å². The fraction of sp³-hybridized carbons (Fsp3) is 0. The van der Waals surface area contributed by atoms with E-state index in [-0.39, 0.29) is 17.0 Å². The Morgan fingerprint density at radius 2 is 1.88 bits per heavy atom. The van der Waals surface area contributed by atoms with Gasteiger partial charge in [0.25, 0.3) is 0 Å². The van der Waals surface area contributed by atoms with Crippen molar-refractivity contribution in [1.29, 1.82) is 15.8 Å². The number of anilines is 1. The smallest absolute Gasteiger partial charge is 0.237 e. The summed E-state index contributed by atoms with van der Waals surface area (Å²) in [5, 5.41) is 28.8. The van der Waals surface area contributed by atoms with Gasteiger partial charge in [-0.2, -0.15) is 20.9 Å². The third-order valence-corrected chi connectivity index (χ3v) is 1.54. The number of hydrogen-bond acceptors (Lipinski definition) is 5. The van der Waals surface area contributed by atoms with Gasteiger partial charge in [0.05, 0.1) is 17.3 Å². The second kappa shape index (κ2) is 5.09. The largest absolute Gasteiger partial charge is 0.276 e. The van der Waals surface area contributed by atoms with E-state index in [4.69, 9.17) is 15.8 Å². The zero-order chi connectivity index (χ0) is 12.0. The lowest BCUT2D eigenvalue weighted by atomic mass is 10.2. The van der Waals surface area contributed by atoms with Gasteiger partial charge >= 0.3 is 0 Å². The van der Waals surface area contributed by atoms with Gasteiger partial charge in [-0.05, 0) is 18.2 Å². The number of nitrogens with one attached hydrogen (secondary N) is 1. The van der Waals surface area contributed by atoms with E-state index < -0.39 is 5.82 Å². The second-order valence-electron chi connectivity index (χ2n) is 2.64. The number of benzene rings is 1. The highest BCUT2D eigenvalue weighted by atomic mass is 19.1. The van der Waals surface area contributed by atoms with Gasteiger partial charge in [-0.1, -0.05) is 0 Å². The van der Waals surface area contributed by atoms with Crippen molar-refractivity contribution in [1.82, 2.24) is 0 Å². The molecule has 0 saturated heterocycles. The van der Waals surface area contributed by atoms with Crippen LogP contribution in [0.15, 0.2) is 23.3 Å². The van der Waals surface area contributed by atoms with Crippen molar-refractivity contribution in [3.8, 4) is 18.2 Å². The van der Waals surface area contributed by atoms with Crippen molar-refractivity contribution in [3.63, 3.8) is 0 Å². The molecule has 0 aliphatic heterocycles. The molecule has 76 valence electrons. The third-order valence-electron chi connectivity index (χ3n) is 1.54. The van der Waals surface area contributed by atoms with Crippen molar-refractivity contribution in [2.45, 2.75) is 0 Å². The Bertz CT molecular complexity index is 540. The Morgan fingerprint density at radius 1 is 1.19 bits per heavy atom. The molecule has 0 unspecified atom stereocenters. The number of nitriles is 3. The molecule has 0 aromatic heterocycles. The Hall–Kier alpha value is -2.91. The summed E-state index contributed by atoms with van der Waals surface area (Å²) in [4.78, 5) is 0. The molecular formula is C10H4FN5. The van der Waals surface area contributed by atoms with Crippen LogP contribution in [0.25, 0.3) is 0 Å². The van der Waals surface area contributed by atoms with Crippen LogP contribution in [-0.4, -0.2) is 5.71 Å². The van der Waals surface area contributed by atoms with Gasteiger partial charge in [-0.25, -0.2) is 4.39 Å². The first kappa shape index (κ1) is 11.2. The molecule has 1 aromatic carbocycles. The summed E-state index contributed by atoms with van der Waals surface area (Å²) in [7, 11) is 0. The summed E-state index contributed by atoms with van der Waals surface area (Å²) in [5.74, 6) is -0.604. The average molecular weight is 213 g/mol. The first-order chi connectivity index (χ1) is 7.69. The maximum absolute atomic E-state index is 12.9. The van der Waals surface area contributed by atoms with Crippen LogP contribution in [0.1, 0.15) is 5.56 Å². The summed E-state index contributed by atoms with van der Waals surface area (Å²) in [5.41, 5.74) is 2.24. The van der Waals surface area contributed by atoms with Crippen molar-refractivity contribution >= 4 is 11.4 Å². The molecule has 1 N–H and O–H groups in total. The van der Waals surface area contributed by atoms with Crippen LogP contribution in [-0.2, 0) is 0 Å². The highest BCUT2D eigenvalue weighted by molar-refractivity contribution is 6.10. The van der Waals surface area contributed by atoms with Gasteiger partial charge < -0.3 is 0 Å². The lowest BCUT2D eigenvalue weighted by Gasteiger charge is -2.00. The van der Waals surface area contributed by atoms with Crippen LogP contribution < -0.4 is 5.43 Å². The lowest BCUT2D eigenvalue weighted by Crippen LogP contribution is -1.97. The SMILES string of the molecule is N#CC(C#N)=NNc1cc(F)cc(C#N)c1. The molecule has 0 bridgehead atoms. The molecule has 6 heteroatoms. The topological polar surface area (TPSA) is 95.8 Å². The van der Waals surface area contributed by atoms with E-state index in [1.807, 2.05) is 0 Å². The summed E-state index contributed by atoms with van der Waals surface area (Å²) < 4.78 is 12.9. The minimum Gasteiger partial charge on any atom is -0.276 e. The zero-order valence-corrected chi connectivity index (χ0v) is 7.90. The van der Waals surface area contributed by atoms with Crippen LogP contribution in [0, 0.1) is 39.8 Å². The van der Waals surface area contributed by atoms with Crippen LogP contribution >= 0.6 is 0 Å². The molecule has 0 radical (unpaired) electrons. The Morgan fingerprint density at radius 3 is 2.44 bits per heavy atom. The minimum absolute atomic E-state index is 0.119. The highest BCUT2D eigenvalue weighted by Gasteiger charge is 2.00. The average Bonchev–Trinajstić information content (AvgIpc) is 2.29. The van der Waals surface area contributed by atoms with Gasteiger partial charge in [-0.15, -0.1) is 0 Å². The van der Waals surface area contributed by atoms with Gasteiger partial charge in [0.1, 0.15) is 18.0 Å². The number of hydrogen-bond donors (Lipinski definition) is 1. The predicted octanol–water partition coefficient (Wildman–Crippen LogP) is 1.51. The molecule has 0 aliphatic rings. The van der Waals surface area contributed by atoms with Crippen molar-refractivity contribution in [2.75, 3.05) is 5.43 Å². The molecule has 0 fully saturated rings. The van der Waals surface area contributed by atoms with E-state index in [0.29, 0.717) is 0 Å². The molecule has 0 amide bonds. The summed E-state index contributed by atoms with van der Waals surface area (Å²) in [6.45, 7) is 0. The van der Waals surface area contributed by atoms with Crippen LogP contribution in [0.2, 0.25) is 0 Å². The van der Waals surface area contributed by atoms with Crippen molar-refractivity contribution in [3.05, 3.63) is 29.6 Å². The molecule has 0 saturated carbocycles. The number of rotatable bonds is 2. The molecule has 1 aromatic rings. The standard InChI is InChI=1S/C10H4FN5/c11-8-1-7(4-12)2-9(3-8)15-16-10(5-13)6-14/h1-3,15H. The molecular weight excluding hydrogens is 209 g/mol. The normalized spacial score (nSPS) is 8.12. The van der Waals surface area contributed by atoms with E-state index in [1.54, 1.807) is 6.07 Å². The van der Waals surface area contributed by atoms with E-state index in [9.17, 15) is 4.39 Å². The van der Waals surface area contributed by atoms with Crippen LogP contribution in [0.5, 0.6) is 0 Å². The summed E-state index contributed by atoms with van der Waals surface area (Å²) in [6.07, 6.45) is 0. The van der Waals surface area contributed by atoms with Crippen molar-refractivity contribution in [2.24, 2.45) is 5.10 Å². The number of nitrogens with zero attached hydrogens (tertiary/aromatic N) is 4. The molecule has 16 heavy (non-hydrogen) atoms. The van der Waals surface area contributed by atoms with E-state index in [0.717, 1.165) is 12.1 Å². The lowest BCUT2D eigenvalue weighted by molar-refractivity contribution is 0.628. The Kier molecular flexibility index (Phi) is 3.55. The monoisotopic (exact) mass is 213 g/mol. The second-order valence-corrected chi connectivity index (χ2v) is 2.64. The summed E-state index contributed by atoms with van der Waals surface area (Å²) in [6, 6.07) is 8.33. The molecule has 0 atom stereocenters. The Labute approximate surface area is 90.6 Å². The molecule has 0 heterocycles. The summed E-state index contributed by atoms with van der Waals surface area (Å²) >= 11 is 0. The minimum atomic E-state index is -0.604. The molecule has 0 spiro atoms. The zero-order valence-electron chi connectivity index (χ0n) is 7.90. The third kappa shape index (κ3) is 2.80. The van der Waals surface area contributed by atoms with Gasteiger partial charge in [0.2, 0.25) is 5.71 Å².